The molecule has 1 aromatic heterocycles. The van der Waals surface area contributed by atoms with Gasteiger partial charge in [0, 0.05) is 22.5 Å². The molecule has 8 heteroatoms. The maximum Gasteiger partial charge on any atom is 0.435 e. The lowest BCUT2D eigenvalue weighted by atomic mass is 9.95. The summed E-state index contributed by atoms with van der Waals surface area (Å²) in [5, 5.41) is 6.71. The van der Waals surface area contributed by atoms with Gasteiger partial charge in [0.25, 0.3) is 5.91 Å². The Kier molecular flexibility index (Phi) is 6.72. The highest BCUT2D eigenvalue weighted by molar-refractivity contribution is 6.04. The Labute approximate surface area is 190 Å². The summed E-state index contributed by atoms with van der Waals surface area (Å²) in [6, 6.07) is 13.6. The van der Waals surface area contributed by atoms with E-state index >= 15 is 0 Å². The third kappa shape index (κ3) is 5.21. The number of amides is 1. The molecule has 2 aromatic carbocycles. The van der Waals surface area contributed by atoms with Crippen LogP contribution in [0.1, 0.15) is 59.9 Å². The second-order valence-electron chi connectivity index (χ2n) is 8.12. The Hall–Kier alpha value is -3.29. The van der Waals surface area contributed by atoms with Crippen LogP contribution in [-0.4, -0.2) is 22.3 Å². The number of fused-ring (bicyclic) bond motifs is 1. The van der Waals surface area contributed by atoms with Crippen molar-refractivity contribution >= 4 is 11.6 Å². The molecular formula is C25H26F3N3O2. The molecular weight excluding hydrogens is 431 g/mol. The molecule has 1 N–H and O–H groups in total. The molecule has 0 saturated carbocycles. The van der Waals surface area contributed by atoms with Gasteiger partial charge in [0.1, 0.15) is 5.75 Å². The lowest BCUT2D eigenvalue weighted by Crippen LogP contribution is -2.12. The average molecular weight is 457 g/mol. The summed E-state index contributed by atoms with van der Waals surface area (Å²) in [5.41, 5.74) is 1.63. The summed E-state index contributed by atoms with van der Waals surface area (Å²) in [4.78, 5) is 12.6. The molecule has 5 nitrogen and oxygen atoms in total. The maximum absolute atomic E-state index is 13.4. The van der Waals surface area contributed by atoms with Crippen LogP contribution in [0.4, 0.5) is 18.9 Å². The number of carbonyl (C=O) groups excluding carboxylic acids is 1. The zero-order valence-electron chi connectivity index (χ0n) is 18.4. The fourth-order valence-corrected chi connectivity index (χ4v) is 3.97. The predicted octanol–water partition coefficient (Wildman–Crippen LogP) is 6.20. The summed E-state index contributed by atoms with van der Waals surface area (Å²) in [7, 11) is 0. The normalized spacial score (nSPS) is 13.5. The minimum atomic E-state index is -4.48. The van der Waals surface area contributed by atoms with Crippen molar-refractivity contribution in [2.24, 2.45) is 0 Å². The third-order valence-corrected chi connectivity index (χ3v) is 5.70. The van der Waals surface area contributed by atoms with E-state index in [0.29, 0.717) is 42.1 Å². The topological polar surface area (TPSA) is 56.1 Å². The average Bonchev–Trinajstić information content (AvgIpc) is 3.21. The number of halogens is 3. The van der Waals surface area contributed by atoms with Gasteiger partial charge in [-0.25, -0.2) is 4.68 Å². The minimum absolute atomic E-state index is 0.290. The number of benzene rings is 2. The number of anilines is 1. The highest BCUT2D eigenvalue weighted by Crippen LogP contribution is 2.36. The number of nitrogens with one attached hydrogen (secondary N) is 1. The van der Waals surface area contributed by atoms with Gasteiger partial charge >= 0.3 is 6.18 Å². The maximum atomic E-state index is 13.4. The van der Waals surface area contributed by atoms with Crippen molar-refractivity contribution in [3.63, 3.8) is 0 Å². The van der Waals surface area contributed by atoms with Crippen LogP contribution >= 0.6 is 0 Å². The van der Waals surface area contributed by atoms with Crippen molar-refractivity contribution in [1.82, 2.24) is 9.78 Å². The summed E-state index contributed by atoms with van der Waals surface area (Å²) >= 11 is 0. The first kappa shape index (κ1) is 22.9. The van der Waals surface area contributed by atoms with Gasteiger partial charge in [-0.3, -0.25) is 4.79 Å². The Morgan fingerprint density at radius 2 is 1.76 bits per heavy atom. The SMILES string of the molecule is CCCCOc1ccc(NC(=O)c2ccc(-n3nc(C(F)(F)F)c4c3CCCC4)cc2)cc1. The molecule has 0 radical (unpaired) electrons. The fourth-order valence-electron chi connectivity index (χ4n) is 3.97. The van der Waals surface area contributed by atoms with Gasteiger partial charge in [-0.15, -0.1) is 0 Å². The van der Waals surface area contributed by atoms with Crippen LogP contribution in [0.2, 0.25) is 0 Å². The molecule has 4 rings (SSSR count). The highest BCUT2D eigenvalue weighted by Gasteiger charge is 2.39. The van der Waals surface area contributed by atoms with E-state index in [-0.39, 0.29) is 11.5 Å². The zero-order chi connectivity index (χ0) is 23.4. The van der Waals surface area contributed by atoms with E-state index in [2.05, 4.69) is 17.3 Å². The summed E-state index contributed by atoms with van der Waals surface area (Å²) in [6.45, 7) is 2.75. The molecule has 0 aliphatic heterocycles. The van der Waals surface area contributed by atoms with E-state index in [1.807, 2.05) is 0 Å². The van der Waals surface area contributed by atoms with Crippen LogP contribution in [0, 0.1) is 0 Å². The van der Waals surface area contributed by atoms with Crippen LogP contribution in [0.15, 0.2) is 48.5 Å². The van der Waals surface area contributed by atoms with Gasteiger partial charge in [-0.2, -0.15) is 18.3 Å². The van der Waals surface area contributed by atoms with Crippen LogP contribution in [0.5, 0.6) is 5.75 Å². The summed E-state index contributed by atoms with van der Waals surface area (Å²) < 4.78 is 47.3. The molecule has 1 aliphatic carbocycles. The predicted molar refractivity (Wildman–Crippen MR) is 120 cm³/mol. The van der Waals surface area contributed by atoms with Gasteiger partial charge in [0.15, 0.2) is 5.69 Å². The number of hydrogen-bond donors (Lipinski definition) is 1. The van der Waals surface area contributed by atoms with E-state index in [1.165, 1.54) is 4.68 Å². The summed E-state index contributed by atoms with van der Waals surface area (Å²) in [6.07, 6.45) is 0.0489. The first-order valence-electron chi connectivity index (χ1n) is 11.2. The Bertz CT molecular complexity index is 1100. The quantitative estimate of drug-likeness (QED) is 0.430. The largest absolute Gasteiger partial charge is 0.494 e. The lowest BCUT2D eigenvalue weighted by Gasteiger charge is -2.15. The molecule has 1 heterocycles. The number of alkyl halides is 3. The van der Waals surface area contributed by atoms with E-state index in [4.69, 9.17) is 4.74 Å². The second-order valence-corrected chi connectivity index (χ2v) is 8.12. The number of aromatic nitrogens is 2. The molecule has 0 spiro atoms. The van der Waals surface area contributed by atoms with Gasteiger partial charge in [-0.05, 0) is 80.6 Å². The monoisotopic (exact) mass is 457 g/mol. The van der Waals surface area contributed by atoms with Crippen molar-refractivity contribution < 1.29 is 22.7 Å². The minimum Gasteiger partial charge on any atom is -0.494 e. The standard InChI is InChI=1S/C25H26F3N3O2/c1-2-3-16-33-20-14-10-18(11-15-20)29-24(32)17-8-12-19(13-9-17)31-22-7-5-4-6-21(22)23(30-31)25(26,27)28/h8-15H,2-7,16H2,1H3,(H,29,32). The zero-order valence-corrected chi connectivity index (χ0v) is 18.4. The molecule has 0 fully saturated rings. The number of nitrogens with zero attached hydrogens (tertiary/aromatic N) is 2. The Balaban J connectivity index is 1.48. The van der Waals surface area contributed by atoms with E-state index in [9.17, 15) is 18.0 Å². The van der Waals surface area contributed by atoms with E-state index in [1.54, 1.807) is 48.5 Å². The van der Waals surface area contributed by atoms with Crippen molar-refractivity contribution in [2.75, 3.05) is 11.9 Å². The fraction of sp³-hybridized carbons (Fsp3) is 0.360. The second kappa shape index (κ2) is 9.68. The number of carbonyl (C=O) groups is 1. The molecule has 1 amide bonds. The molecule has 3 aromatic rings. The first-order valence-corrected chi connectivity index (χ1v) is 11.2. The summed E-state index contributed by atoms with van der Waals surface area (Å²) in [5.74, 6) is 0.436. The first-order chi connectivity index (χ1) is 15.9. The smallest absolute Gasteiger partial charge is 0.435 e. The van der Waals surface area contributed by atoms with Gasteiger partial charge in [0.2, 0.25) is 0 Å². The van der Waals surface area contributed by atoms with Gasteiger partial charge in [0.05, 0.1) is 12.3 Å². The van der Waals surface area contributed by atoms with Crippen molar-refractivity contribution in [1.29, 1.82) is 0 Å². The van der Waals surface area contributed by atoms with Crippen LogP contribution < -0.4 is 10.1 Å². The number of hydrogen-bond acceptors (Lipinski definition) is 3. The van der Waals surface area contributed by atoms with Gasteiger partial charge in [-0.1, -0.05) is 13.3 Å². The van der Waals surface area contributed by atoms with Crippen LogP contribution in [-0.2, 0) is 19.0 Å². The Morgan fingerprint density at radius 3 is 2.42 bits per heavy atom. The molecule has 174 valence electrons. The van der Waals surface area contributed by atoms with E-state index in [0.717, 1.165) is 31.4 Å². The lowest BCUT2D eigenvalue weighted by molar-refractivity contribution is -0.142. The number of ether oxygens (including phenoxy) is 1. The Morgan fingerprint density at radius 1 is 1.06 bits per heavy atom. The van der Waals surface area contributed by atoms with Crippen molar-refractivity contribution in [3.05, 3.63) is 71.0 Å². The third-order valence-electron chi connectivity index (χ3n) is 5.70. The van der Waals surface area contributed by atoms with E-state index < -0.39 is 11.9 Å². The van der Waals surface area contributed by atoms with Crippen molar-refractivity contribution in [2.45, 2.75) is 51.6 Å². The molecule has 1 aliphatic rings. The molecule has 0 unspecified atom stereocenters. The number of unbranched alkanes of at least 4 members (excludes halogenated alkanes) is 1. The molecule has 33 heavy (non-hydrogen) atoms. The van der Waals surface area contributed by atoms with Crippen LogP contribution in [0.25, 0.3) is 5.69 Å². The molecule has 0 bridgehead atoms. The highest BCUT2D eigenvalue weighted by atomic mass is 19.4. The van der Waals surface area contributed by atoms with Crippen LogP contribution in [0.3, 0.4) is 0 Å². The van der Waals surface area contributed by atoms with Gasteiger partial charge < -0.3 is 10.1 Å². The molecule has 0 atom stereocenters. The van der Waals surface area contributed by atoms with Crippen molar-refractivity contribution in [3.8, 4) is 11.4 Å². The number of rotatable bonds is 7. The molecule has 0 saturated heterocycles.